The van der Waals surface area contributed by atoms with Crippen molar-refractivity contribution >= 4 is 5.69 Å². The molecule has 1 saturated heterocycles. The lowest BCUT2D eigenvalue weighted by molar-refractivity contribution is 0.218. The minimum Gasteiger partial charge on any atom is -0.496 e. The molecule has 2 heterocycles. The van der Waals surface area contributed by atoms with E-state index in [4.69, 9.17) is 4.74 Å². The van der Waals surface area contributed by atoms with Gasteiger partial charge in [0.1, 0.15) is 5.75 Å². The number of likely N-dealkylation sites (tertiary alicyclic amines) is 1. The highest BCUT2D eigenvalue weighted by atomic mass is 16.5. The summed E-state index contributed by atoms with van der Waals surface area (Å²) in [4.78, 5) is 2.53. The van der Waals surface area contributed by atoms with Crippen molar-refractivity contribution in [3.05, 3.63) is 41.7 Å². The second-order valence-electron chi connectivity index (χ2n) is 6.42. The Bertz CT molecular complexity index is 647. The molecule has 1 aliphatic heterocycles. The first-order valence-electron chi connectivity index (χ1n) is 8.93. The fourth-order valence-electron chi connectivity index (χ4n) is 3.26. The molecule has 1 aliphatic rings. The van der Waals surface area contributed by atoms with E-state index in [0.29, 0.717) is 0 Å². The van der Waals surface area contributed by atoms with Gasteiger partial charge in [-0.2, -0.15) is 5.10 Å². The number of methoxy groups -OCH3 is 1. The van der Waals surface area contributed by atoms with Crippen molar-refractivity contribution in [1.29, 1.82) is 0 Å². The highest BCUT2D eigenvalue weighted by Crippen LogP contribution is 2.23. The predicted octanol–water partition coefficient (Wildman–Crippen LogP) is 3.51. The van der Waals surface area contributed by atoms with E-state index in [0.717, 1.165) is 31.1 Å². The van der Waals surface area contributed by atoms with Crippen molar-refractivity contribution in [3.8, 4) is 5.75 Å². The number of piperidine rings is 1. The van der Waals surface area contributed by atoms with Crippen molar-refractivity contribution in [2.45, 2.75) is 45.8 Å². The molecule has 0 saturated carbocycles. The summed E-state index contributed by atoms with van der Waals surface area (Å²) in [5, 5.41) is 7.74. The van der Waals surface area contributed by atoms with Crippen molar-refractivity contribution in [2.24, 2.45) is 0 Å². The lowest BCUT2D eigenvalue weighted by Gasteiger charge is -2.27. The Hall–Kier alpha value is -2.01. The normalized spacial score (nSPS) is 15.4. The molecular weight excluding hydrogens is 300 g/mol. The molecule has 0 aliphatic carbocycles. The van der Waals surface area contributed by atoms with Crippen LogP contribution in [0.25, 0.3) is 0 Å². The Balaban J connectivity index is 1.65. The first-order valence-corrected chi connectivity index (χ1v) is 8.93. The summed E-state index contributed by atoms with van der Waals surface area (Å²) in [6, 6.07) is 6.49. The third-order valence-corrected chi connectivity index (χ3v) is 4.64. The summed E-state index contributed by atoms with van der Waals surface area (Å²) in [6.07, 6.45) is 7.90. The van der Waals surface area contributed by atoms with Crippen LogP contribution in [0.2, 0.25) is 0 Å². The Morgan fingerprint density at radius 3 is 2.75 bits per heavy atom. The number of hydrogen-bond donors (Lipinski definition) is 1. The molecule has 1 aromatic heterocycles. The molecule has 0 radical (unpaired) electrons. The molecular formula is C19H28N4O. The van der Waals surface area contributed by atoms with Gasteiger partial charge in [0, 0.05) is 31.4 Å². The summed E-state index contributed by atoms with van der Waals surface area (Å²) in [7, 11) is 1.76. The lowest BCUT2D eigenvalue weighted by atomic mass is 10.1. The van der Waals surface area contributed by atoms with Crippen LogP contribution < -0.4 is 10.1 Å². The van der Waals surface area contributed by atoms with E-state index >= 15 is 0 Å². The van der Waals surface area contributed by atoms with Gasteiger partial charge in [0.2, 0.25) is 0 Å². The zero-order valence-corrected chi connectivity index (χ0v) is 14.8. The first kappa shape index (κ1) is 16.8. The van der Waals surface area contributed by atoms with Gasteiger partial charge in [-0.05, 0) is 50.6 Å². The average molecular weight is 328 g/mol. The maximum Gasteiger partial charge on any atom is 0.123 e. The van der Waals surface area contributed by atoms with Gasteiger partial charge in [0.25, 0.3) is 0 Å². The maximum absolute atomic E-state index is 5.56. The molecule has 1 N–H and O–H groups in total. The molecule has 130 valence electrons. The smallest absolute Gasteiger partial charge is 0.123 e. The van der Waals surface area contributed by atoms with E-state index in [1.807, 2.05) is 17.1 Å². The monoisotopic (exact) mass is 328 g/mol. The van der Waals surface area contributed by atoms with Gasteiger partial charge < -0.3 is 10.1 Å². The van der Waals surface area contributed by atoms with Gasteiger partial charge >= 0.3 is 0 Å². The number of benzene rings is 1. The summed E-state index contributed by atoms with van der Waals surface area (Å²) in [5.41, 5.74) is 3.61. The van der Waals surface area contributed by atoms with Gasteiger partial charge in [-0.25, -0.2) is 0 Å². The number of rotatable bonds is 7. The Labute approximate surface area is 144 Å². The van der Waals surface area contributed by atoms with Crippen LogP contribution in [0.5, 0.6) is 5.75 Å². The van der Waals surface area contributed by atoms with E-state index in [1.165, 1.54) is 43.5 Å². The molecule has 3 rings (SSSR count). The number of nitrogens with one attached hydrogen (secondary N) is 1. The second-order valence-corrected chi connectivity index (χ2v) is 6.42. The van der Waals surface area contributed by atoms with E-state index in [2.05, 4.69) is 40.4 Å². The number of aryl methyl sites for hydroxylation is 1. The summed E-state index contributed by atoms with van der Waals surface area (Å²) in [6.45, 7) is 7.15. The van der Waals surface area contributed by atoms with Crippen molar-refractivity contribution in [3.63, 3.8) is 0 Å². The lowest BCUT2D eigenvalue weighted by Crippen LogP contribution is -2.29. The molecule has 24 heavy (non-hydrogen) atoms. The van der Waals surface area contributed by atoms with E-state index in [9.17, 15) is 0 Å². The summed E-state index contributed by atoms with van der Waals surface area (Å²) < 4.78 is 7.49. The summed E-state index contributed by atoms with van der Waals surface area (Å²) in [5.74, 6) is 0.989. The molecule has 2 aromatic rings. The van der Waals surface area contributed by atoms with Crippen LogP contribution in [-0.4, -0.2) is 34.9 Å². The van der Waals surface area contributed by atoms with E-state index < -0.39 is 0 Å². The third kappa shape index (κ3) is 4.29. The van der Waals surface area contributed by atoms with Crippen LogP contribution in [0.4, 0.5) is 5.69 Å². The topological polar surface area (TPSA) is 42.3 Å². The Kier molecular flexibility index (Phi) is 5.75. The number of aromatic nitrogens is 2. The fraction of sp³-hybridized carbons (Fsp3) is 0.526. The molecule has 0 bridgehead atoms. The second kappa shape index (κ2) is 8.20. The highest BCUT2D eigenvalue weighted by Gasteiger charge is 2.13. The standard InChI is InChI=1S/C19H28N4O/c1-3-23-15-18(13-21-23)20-12-16-7-8-19(24-2)17(11-16)14-22-9-5-4-6-10-22/h7-8,11,13,15,20H,3-6,9-10,12,14H2,1-2H3. The molecule has 1 aromatic carbocycles. The highest BCUT2D eigenvalue weighted by molar-refractivity contribution is 5.42. The Morgan fingerprint density at radius 2 is 2.04 bits per heavy atom. The minimum absolute atomic E-state index is 0.798. The minimum atomic E-state index is 0.798. The molecule has 1 fully saturated rings. The van der Waals surface area contributed by atoms with E-state index in [-0.39, 0.29) is 0 Å². The average Bonchev–Trinajstić information content (AvgIpc) is 3.09. The molecule has 5 heteroatoms. The van der Waals surface area contributed by atoms with Crippen molar-refractivity contribution < 1.29 is 4.74 Å². The van der Waals surface area contributed by atoms with Gasteiger partial charge in [-0.15, -0.1) is 0 Å². The van der Waals surface area contributed by atoms with Crippen LogP contribution in [0, 0.1) is 0 Å². The zero-order chi connectivity index (χ0) is 16.8. The van der Waals surface area contributed by atoms with Crippen LogP contribution in [0.3, 0.4) is 0 Å². The number of anilines is 1. The fourth-order valence-corrected chi connectivity index (χ4v) is 3.26. The van der Waals surface area contributed by atoms with Gasteiger partial charge in [-0.3, -0.25) is 9.58 Å². The van der Waals surface area contributed by atoms with Crippen LogP contribution in [-0.2, 0) is 19.6 Å². The number of nitrogens with zero attached hydrogens (tertiary/aromatic N) is 3. The third-order valence-electron chi connectivity index (χ3n) is 4.64. The Morgan fingerprint density at radius 1 is 1.21 bits per heavy atom. The first-order chi connectivity index (χ1) is 11.8. The van der Waals surface area contributed by atoms with Crippen LogP contribution >= 0.6 is 0 Å². The molecule has 0 unspecified atom stereocenters. The molecule has 5 nitrogen and oxygen atoms in total. The quantitative estimate of drug-likeness (QED) is 0.844. The largest absolute Gasteiger partial charge is 0.496 e. The molecule has 0 amide bonds. The van der Waals surface area contributed by atoms with Gasteiger partial charge in [-0.1, -0.05) is 12.5 Å². The summed E-state index contributed by atoms with van der Waals surface area (Å²) >= 11 is 0. The molecule has 0 atom stereocenters. The SMILES string of the molecule is CCn1cc(NCc2ccc(OC)c(CN3CCCCC3)c2)cn1. The number of hydrogen-bond acceptors (Lipinski definition) is 4. The predicted molar refractivity (Wildman–Crippen MR) is 97.3 cm³/mol. The maximum atomic E-state index is 5.56. The molecule has 0 spiro atoms. The van der Waals surface area contributed by atoms with Crippen LogP contribution in [0.1, 0.15) is 37.3 Å². The number of ether oxygens (including phenoxy) is 1. The zero-order valence-electron chi connectivity index (χ0n) is 14.8. The van der Waals surface area contributed by atoms with Crippen LogP contribution in [0.15, 0.2) is 30.6 Å². The van der Waals surface area contributed by atoms with Gasteiger partial charge in [0.05, 0.1) is 19.0 Å². The van der Waals surface area contributed by atoms with Gasteiger partial charge in [0.15, 0.2) is 0 Å². The van der Waals surface area contributed by atoms with Crippen molar-refractivity contribution in [2.75, 3.05) is 25.5 Å². The van der Waals surface area contributed by atoms with E-state index in [1.54, 1.807) is 7.11 Å². The van der Waals surface area contributed by atoms with Crippen molar-refractivity contribution in [1.82, 2.24) is 14.7 Å².